The molecular weight excluding hydrogens is 326 g/mol. The number of nitrogens with zero attached hydrogens (tertiary/aromatic N) is 3. The zero-order chi connectivity index (χ0) is 17.9. The Morgan fingerprint density at radius 3 is 2.50 bits per heavy atom. The lowest BCUT2D eigenvalue weighted by Crippen LogP contribution is -2.32. The van der Waals surface area contributed by atoms with E-state index in [-0.39, 0.29) is 0 Å². The molecule has 0 saturated carbocycles. The predicted octanol–water partition coefficient (Wildman–Crippen LogP) is 4.65. The van der Waals surface area contributed by atoms with E-state index in [1.807, 2.05) is 24.3 Å². The van der Waals surface area contributed by atoms with Crippen LogP contribution in [-0.2, 0) is 0 Å². The van der Waals surface area contributed by atoms with Crippen molar-refractivity contribution >= 4 is 5.69 Å². The van der Waals surface area contributed by atoms with Gasteiger partial charge in [-0.25, -0.2) is 0 Å². The first-order valence-corrected chi connectivity index (χ1v) is 9.07. The Hall–Kier alpha value is -2.82. The highest BCUT2D eigenvalue weighted by atomic mass is 16.5. The van der Waals surface area contributed by atoms with Crippen LogP contribution >= 0.6 is 0 Å². The molecule has 0 amide bonds. The van der Waals surface area contributed by atoms with Crippen LogP contribution in [0.3, 0.4) is 0 Å². The van der Waals surface area contributed by atoms with Gasteiger partial charge in [-0.3, -0.25) is 0 Å². The molecule has 0 N–H and O–H groups in total. The molecule has 3 aromatic rings. The largest absolute Gasteiger partial charge is 0.496 e. The number of rotatable bonds is 4. The minimum atomic E-state index is 0.464. The molecular formula is C21H23N3O2. The van der Waals surface area contributed by atoms with E-state index in [4.69, 9.17) is 9.26 Å². The molecule has 2 aromatic carbocycles. The molecule has 0 atom stereocenters. The van der Waals surface area contributed by atoms with E-state index < -0.39 is 0 Å². The zero-order valence-corrected chi connectivity index (χ0v) is 15.2. The number of aromatic nitrogens is 2. The SMILES string of the molecule is COc1ccccc1-c1nc(-c2ccc(N3CCC(C)CC3)cc2)no1. The lowest BCUT2D eigenvalue weighted by Gasteiger charge is -2.32. The van der Waals surface area contributed by atoms with Crippen LogP contribution in [0.2, 0.25) is 0 Å². The van der Waals surface area contributed by atoms with Gasteiger partial charge in [-0.2, -0.15) is 4.98 Å². The third-order valence-corrected chi connectivity index (χ3v) is 5.04. The van der Waals surface area contributed by atoms with Crippen LogP contribution in [-0.4, -0.2) is 30.3 Å². The van der Waals surface area contributed by atoms with Crippen LogP contribution in [0.5, 0.6) is 5.75 Å². The first kappa shape index (κ1) is 16.6. The summed E-state index contributed by atoms with van der Waals surface area (Å²) < 4.78 is 10.8. The van der Waals surface area contributed by atoms with E-state index in [1.165, 1.54) is 18.5 Å². The minimum Gasteiger partial charge on any atom is -0.496 e. The van der Waals surface area contributed by atoms with Crippen molar-refractivity contribution in [1.29, 1.82) is 0 Å². The first-order chi connectivity index (χ1) is 12.7. The molecule has 1 aliphatic heterocycles. The van der Waals surface area contributed by atoms with Gasteiger partial charge in [0.05, 0.1) is 12.7 Å². The van der Waals surface area contributed by atoms with E-state index in [0.29, 0.717) is 11.7 Å². The van der Waals surface area contributed by atoms with Crippen LogP contribution in [0.15, 0.2) is 53.1 Å². The van der Waals surface area contributed by atoms with Gasteiger partial charge in [0.1, 0.15) is 5.75 Å². The minimum absolute atomic E-state index is 0.464. The molecule has 1 aromatic heterocycles. The lowest BCUT2D eigenvalue weighted by molar-refractivity contribution is 0.405. The second-order valence-electron chi connectivity index (χ2n) is 6.84. The number of ether oxygens (including phenoxy) is 1. The summed E-state index contributed by atoms with van der Waals surface area (Å²) in [7, 11) is 1.64. The summed E-state index contributed by atoms with van der Waals surface area (Å²) in [6.07, 6.45) is 2.52. The number of anilines is 1. The molecule has 5 nitrogen and oxygen atoms in total. The Morgan fingerprint density at radius 2 is 1.77 bits per heavy atom. The summed E-state index contributed by atoms with van der Waals surface area (Å²) in [5.41, 5.74) is 3.01. The Kier molecular flexibility index (Phi) is 4.61. The molecule has 1 aliphatic rings. The monoisotopic (exact) mass is 349 g/mol. The van der Waals surface area contributed by atoms with Gasteiger partial charge < -0.3 is 14.2 Å². The maximum Gasteiger partial charge on any atom is 0.262 e. The number of hydrogen-bond acceptors (Lipinski definition) is 5. The molecule has 0 spiro atoms. The maximum atomic E-state index is 5.45. The number of hydrogen-bond donors (Lipinski definition) is 0. The van der Waals surface area contributed by atoms with Gasteiger partial charge >= 0.3 is 0 Å². The van der Waals surface area contributed by atoms with Gasteiger partial charge in [0.25, 0.3) is 5.89 Å². The van der Waals surface area contributed by atoms with Gasteiger partial charge in [0.2, 0.25) is 5.82 Å². The molecule has 5 heteroatoms. The highest BCUT2D eigenvalue weighted by Crippen LogP contribution is 2.30. The smallest absolute Gasteiger partial charge is 0.262 e. The third kappa shape index (κ3) is 3.29. The van der Waals surface area contributed by atoms with E-state index in [2.05, 4.69) is 46.2 Å². The Bertz CT molecular complexity index is 865. The van der Waals surface area contributed by atoms with Crippen molar-refractivity contribution in [1.82, 2.24) is 10.1 Å². The highest BCUT2D eigenvalue weighted by molar-refractivity contribution is 5.66. The molecule has 0 radical (unpaired) electrons. The van der Waals surface area contributed by atoms with Crippen LogP contribution in [0.1, 0.15) is 19.8 Å². The van der Waals surface area contributed by atoms with Crippen molar-refractivity contribution in [3.05, 3.63) is 48.5 Å². The molecule has 2 heterocycles. The summed E-state index contributed by atoms with van der Waals surface area (Å²) in [6.45, 7) is 4.58. The lowest BCUT2D eigenvalue weighted by atomic mass is 9.98. The van der Waals surface area contributed by atoms with Crippen molar-refractivity contribution in [2.45, 2.75) is 19.8 Å². The fourth-order valence-electron chi connectivity index (χ4n) is 3.36. The zero-order valence-electron chi connectivity index (χ0n) is 15.2. The van der Waals surface area contributed by atoms with Gasteiger partial charge in [-0.05, 0) is 55.2 Å². The average molecular weight is 349 g/mol. The van der Waals surface area contributed by atoms with Crippen molar-refractivity contribution in [3.63, 3.8) is 0 Å². The summed E-state index contributed by atoms with van der Waals surface area (Å²) in [5, 5.41) is 4.14. The Morgan fingerprint density at radius 1 is 1.04 bits per heavy atom. The van der Waals surface area contributed by atoms with Gasteiger partial charge in [-0.15, -0.1) is 0 Å². The van der Waals surface area contributed by atoms with E-state index in [0.717, 1.165) is 35.9 Å². The molecule has 134 valence electrons. The second kappa shape index (κ2) is 7.20. The quantitative estimate of drug-likeness (QED) is 0.686. The van der Waals surface area contributed by atoms with Crippen LogP contribution in [0, 0.1) is 5.92 Å². The maximum absolute atomic E-state index is 5.45. The van der Waals surface area contributed by atoms with Crippen molar-refractivity contribution in [2.75, 3.05) is 25.1 Å². The summed E-state index contributed by atoms with van der Waals surface area (Å²) in [6, 6.07) is 16.0. The summed E-state index contributed by atoms with van der Waals surface area (Å²) in [5.74, 6) is 2.60. The third-order valence-electron chi connectivity index (χ3n) is 5.04. The van der Waals surface area contributed by atoms with Crippen molar-refractivity contribution in [3.8, 4) is 28.6 Å². The fraction of sp³-hybridized carbons (Fsp3) is 0.333. The molecule has 1 fully saturated rings. The predicted molar refractivity (Wildman–Crippen MR) is 102 cm³/mol. The molecule has 4 rings (SSSR count). The topological polar surface area (TPSA) is 51.4 Å². The number of piperidine rings is 1. The van der Waals surface area contributed by atoms with E-state index >= 15 is 0 Å². The van der Waals surface area contributed by atoms with Crippen molar-refractivity contribution < 1.29 is 9.26 Å². The van der Waals surface area contributed by atoms with Crippen LogP contribution in [0.25, 0.3) is 22.8 Å². The van der Waals surface area contributed by atoms with Gasteiger partial charge in [0.15, 0.2) is 0 Å². The van der Waals surface area contributed by atoms with Crippen LogP contribution < -0.4 is 9.64 Å². The van der Waals surface area contributed by atoms with E-state index in [9.17, 15) is 0 Å². The second-order valence-corrected chi connectivity index (χ2v) is 6.84. The normalized spacial score (nSPS) is 15.2. The van der Waals surface area contributed by atoms with Crippen LogP contribution in [0.4, 0.5) is 5.69 Å². The number of para-hydroxylation sites is 1. The molecule has 26 heavy (non-hydrogen) atoms. The van der Waals surface area contributed by atoms with Gasteiger partial charge in [-0.1, -0.05) is 24.2 Å². The number of methoxy groups -OCH3 is 1. The number of benzene rings is 2. The van der Waals surface area contributed by atoms with E-state index in [1.54, 1.807) is 7.11 Å². The van der Waals surface area contributed by atoms with Gasteiger partial charge in [0, 0.05) is 24.3 Å². The molecule has 0 aliphatic carbocycles. The molecule has 0 unspecified atom stereocenters. The fourth-order valence-corrected chi connectivity index (χ4v) is 3.36. The Balaban J connectivity index is 1.54. The molecule has 1 saturated heterocycles. The molecule has 0 bridgehead atoms. The standard InChI is InChI=1S/C21H23N3O2/c1-15-11-13-24(14-12-15)17-9-7-16(8-10-17)20-22-21(26-23-20)18-5-3-4-6-19(18)25-2/h3-10,15H,11-14H2,1-2H3. The Labute approximate surface area is 153 Å². The summed E-state index contributed by atoms with van der Waals surface area (Å²) >= 11 is 0. The highest BCUT2D eigenvalue weighted by Gasteiger charge is 2.17. The average Bonchev–Trinajstić information content (AvgIpc) is 3.19. The van der Waals surface area contributed by atoms with Crippen molar-refractivity contribution in [2.24, 2.45) is 5.92 Å². The first-order valence-electron chi connectivity index (χ1n) is 9.07. The summed E-state index contributed by atoms with van der Waals surface area (Å²) in [4.78, 5) is 6.98.